The first-order valence-electron chi connectivity index (χ1n) is 9.63. The van der Waals surface area contributed by atoms with Crippen molar-refractivity contribution in [1.29, 1.82) is 0 Å². The minimum absolute atomic E-state index is 0.0368. The van der Waals surface area contributed by atoms with Crippen LogP contribution in [0.2, 0.25) is 0 Å². The van der Waals surface area contributed by atoms with E-state index in [1.165, 1.54) is 22.5 Å². The van der Waals surface area contributed by atoms with Gasteiger partial charge in [0.05, 0.1) is 26.8 Å². The molecule has 0 saturated carbocycles. The lowest BCUT2D eigenvalue weighted by Crippen LogP contribution is -2.38. The highest BCUT2D eigenvalue weighted by Gasteiger charge is 2.31. The molecule has 0 amide bonds. The van der Waals surface area contributed by atoms with Crippen molar-refractivity contribution in [3.63, 3.8) is 0 Å². The molecule has 3 N–H and O–H groups in total. The largest absolute Gasteiger partial charge is 0.342 e. The number of H-pyrrole nitrogens is 3. The molecule has 1 aliphatic heterocycles. The Morgan fingerprint density at radius 3 is 2.47 bits per heavy atom. The fourth-order valence-corrected chi connectivity index (χ4v) is 5.49. The molecule has 2 aromatic heterocycles. The maximum atomic E-state index is 13.1. The highest BCUT2D eigenvalue weighted by Crippen LogP contribution is 2.30. The quantitative estimate of drug-likeness (QED) is 0.459. The lowest BCUT2D eigenvalue weighted by molar-refractivity contribution is 0.314. The Hall–Kier alpha value is -3.24. The average molecular weight is 425 g/mol. The summed E-state index contributed by atoms with van der Waals surface area (Å²) in [5.41, 5.74) is 0.931. The second-order valence-corrected chi connectivity index (χ2v) is 9.37. The first-order chi connectivity index (χ1) is 14.4. The van der Waals surface area contributed by atoms with E-state index in [9.17, 15) is 18.0 Å². The number of imidazole rings is 1. The fourth-order valence-electron chi connectivity index (χ4n) is 3.99. The van der Waals surface area contributed by atoms with Crippen molar-refractivity contribution < 1.29 is 8.42 Å². The summed E-state index contributed by atoms with van der Waals surface area (Å²) in [7, 11) is -3.75. The standard InChI is InChI=1S/C20H19N5O4S/c26-19-14-11-13(5-6-15(14)23-20(27)24-19)30(28,29)25-9-7-12(8-10-25)18-21-16-3-1-2-4-17(16)22-18/h1-6,11-12H,7-10H2,(H,21,22)(H2,23,24,26,27). The Bertz CT molecular complexity index is 1440. The number of sulfonamides is 1. The molecule has 0 atom stereocenters. The lowest BCUT2D eigenvalue weighted by atomic mass is 9.97. The van der Waals surface area contributed by atoms with Crippen LogP contribution in [0.4, 0.5) is 0 Å². The highest BCUT2D eigenvalue weighted by atomic mass is 32.2. The number of piperidine rings is 1. The second-order valence-electron chi connectivity index (χ2n) is 7.43. The van der Waals surface area contributed by atoms with Crippen LogP contribution < -0.4 is 11.2 Å². The summed E-state index contributed by atoms with van der Waals surface area (Å²) in [4.78, 5) is 36.1. The van der Waals surface area contributed by atoms with E-state index in [1.807, 2.05) is 24.3 Å². The fraction of sp³-hybridized carbons (Fsp3) is 0.250. The number of fused-ring (bicyclic) bond motifs is 2. The van der Waals surface area contributed by atoms with Crippen molar-refractivity contribution in [2.75, 3.05) is 13.1 Å². The molecule has 0 radical (unpaired) electrons. The van der Waals surface area contributed by atoms with Gasteiger partial charge in [0.25, 0.3) is 5.56 Å². The third kappa shape index (κ3) is 3.14. The minimum atomic E-state index is -3.75. The first kappa shape index (κ1) is 18.8. The number of rotatable bonds is 3. The van der Waals surface area contributed by atoms with Gasteiger partial charge in [-0.25, -0.2) is 18.2 Å². The third-order valence-corrected chi connectivity index (χ3v) is 7.49. The molecular formula is C20H19N5O4S. The Morgan fingerprint density at radius 1 is 0.933 bits per heavy atom. The molecule has 30 heavy (non-hydrogen) atoms. The number of hydrogen-bond donors (Lipinski definition) is 3. The van der Waals surface area contributed by atoms with Crippen LogP contribution in [0, 0.1) is 0 Å². The van der Waals surface area contributed by atoms with Crippen LogP contribution in [0.5, 0.6) is 0 Å². The van der Waals surface area contributed by atoms with E-state index in [0.717, 1.165) is 16.9 Å². The van der Waals surface area contributed by atoms with Crippen LogP contribution in [-0.2, 0) is 10.0 Å². The van der Waals surface area contributed by atoms with Crippen LogP contribution in [0.15, 0.2) is 56.9 Å². The highest BCUT2D eigenvalue weighted by molar-refractivity contribution is 7.89. The summed E-state index contributed by atoms with van der Waals surface area (Å²) in [5, 5.41) is 0.132. The lowest BCUT2D eigenvalue weighted by Gasteiger charge is -2.30. The molecule has 0 aliphatic carbocycles. The average Bonchev–Trinajstić information content (AvgIpc) is 3.18. The summed E-state index contributed by atoms with van der Waals surface area (Å²) in [6, 6.07) is 12.0. The monoisotopic (exact) mass is 425 g/mol. The van der Waals surface area contributed by atoms with Crippen molar-refractivity contribution >= 4 is 32.0 Å². The summed E-state index contributed by atoms with van der Waals surface area (Å²) >= 11 is 0. The molecule has 3 heterocycles. The van der Waals surface area contributed by atoms with Crippen molar-refractivity contribution in [2.24, 2.45) is 0 Å². The van der Waals surface area contributed by atoms with Crippen LogP contribution in [0.25, 0.3) is 21.9 Å². The van der Waals surface area contributed by atoms with Crippen LogP contribution in [0.1, 0.15) is 24.6 Å². The zero-order chi connectivity index (χ0) is 20.9. The Kier molecular flexibility index (Phi) is 4.33. The Morgan fingerprint density at radius 2 is 1.70 bits per heavy atom. The molecule has 0 bridgehead atoms. The van der Waals surface area contributed by atoms with Crippen molar-refractivity contribution in [3.8, 4) is 0 Å². The van der Waals surface area contributed by atoms with E-state index in [-0.39, 0.29) is 16.2 Å². The summed E-state index contributed by atoms with van der Waals surface area (Å²) in [5.74, 6) is 1.04. The number of aromatic amines is 3. The predicted molar refractivity (Wildman–Crippen MR) is 112 cm³/mol. The smallest absolute Gasteiger partial charge is 0.326 e. The van der Waals surface area contributed by atoms with Gasteiger partial charge in [-0.15, -0.1) is 0 Å². The van der Waals surface area contributed by atoms with Gasteiger partial charge < -0.3 is 9.97 Å². The topological polar surface area (TPSA) is 132 Å². The van der Waals surface area contributed by atoms with Gasteiger partial charge >= 0.3 is 5.69 Å². The molecule has 5 rings (SSSR count). The second kappa shape index (κ2) is 6.92. The van der Waals surface area contributed by atoms with Crippen LogP contribution in [-0.4, -0.2) is 45.7 Å². The molecule has 2 aromatic carbocycles. The number of aromatic nitrogens is 4. The minimum Gasteiger partial charge on any atom is -0.342 e. The summed E-state index contributed by atoms with van der Waals surface area (Å²) in [6.07, 6.45) is 1.31. The first-order valence-corrected chi connectivity index (χ1v) is 11.1. The Balaban J connectivity index is 1.39. The van der Waals surface area contributed by atoms with E-state index >= 15 is 0 Å². The Labute approximate surface area is 170 Å². The van der Waals surface area contributed by atoms with Crippen molar-refractivity contribution in [2.45, 2.75) is 23.7 Å². The van der Waals surface area contributed by atoms with Gasteiger partial charge in [0.15, 0.2) is 0 Å². The zero-order valence-electron chi connectivity index (χ0n) is 15.9. The van der Waals surface area contributed by atoms with E-state index in [1.54, 1.807) is 0 Å². The molecule has 9 nitrogen and oxygen atoms in total. The van der Waals surface area contributed by atoms with Gasteiger partial charge in [-0.3, -0.25) is 9.78 Å². The molecule has 1 fully saturated rings. The van der Waals surface area contributed by atoms with Crippen molar-refractivity contribution in [1.82, 2.24) is 24.2 Å². The van der Waals surface area contributed by atoms with E-state index in [4.69, 9.17) is 0 Å². The molecule has 1 saturated heterocycles. The SMILES string of the molecule is O=c1[nH]c(=O)c2cc(S(=O)(=O)N3CCC(c4nc5ccccc5[nH]4)CC3)ccc2[nH]1. The van der Waals surface area contributed by atoms with E-state index < -0.39 is 21.3 Å². The number of nitrogens with one attached hydrogen (secondary N) is 3. The molecule has 0 unspecified atom stereocenters. The maximum Gasteiger partial charge on any atom is 0.326 e. The van der Waals surface area contributed by atoms with Gasteiger partial charge in [0.2, 0.25) is 10.0 Å². The molecular weight excluding hydrogens is 406 g/mol. The molecule has 1 aliphatic rings. The van der Waals surface area contributed by atoms with Crippen LogP contribution in [0.3, 0.4) is 0 Å². The zero-order valence-corrected chi connectivity index (χ0v) is 16.7. The number of nitrogens with zero attached hydrogens (tertiary/aromatic N) is 2. The molecule has 10 heteroatoms. The predicted octanol–water partition coefficient (Wildman–Crippen LogP) is 1.66. The van der Waals surface area contributed by atoms with Gasteiger partial charge in [0.1, 0.15) is 5.82 Å². The molecule has 4 aromatic rings. The van der Waals surface area contributed by atoms with Crippen LogP contribution >= 0.6 is 0 Å². The van der Waals surface area contributed by atoms with Gasteiger partial charge in [-0.05, 0) is 43.2 Å². The van der Waals surface area contributed by atoms with Gasteiger partial charge in [-0.2, -0.15) is 4.31 Å². The van der Waals surface area contributed by atoms with Gasteiger partial charge in [0, 0.05) is 19.0 Å². The summed E-state index contributed by atoms with van der Waals surface area (Å²) < 4.78 is 27.7. The number of para-hydroxylation sites is 2. The summed E-state index contributed by atoms with van der Waals surface area (Å²) in [6.45, 7) is 0.730. The normalized spacial score (nSPS) is 16.4. The van der Waals surface area contributed by atoms with E-state index in [2.05, 4.69) is 19.9 Å². The third-order valence-electron chi connectivity index (χ3n) is 5.60. The maximum absolute atomic E-state index is 13.1. The van der Waals surface area contributed by atoms with Gasteiger partial charge in [-0.1, -0.05) is 12.1 Å². The van der Waals surface area contributed by atoms with Crippen molar-refractivity contribution in [3.05, 3.63) is 69.1 Å². The number of benzene rings is 2. The number of hydrogen-bond acceptors (Lipinski definition) is 5. The van der Waals surface area contributed by atoms with E-state index in [0.29, 0.717) is 31.4 Å². The molecule has 0 spiro atoms. The molecule has 154 valence electrons.